The Morgan fingerprint density at radius 2 is 2.25 bits per heavy atom. The zero-order chi connectivity index (χ0) is 17.1. The van der Waals surface area contributed by atoms with Crippen molar-refractivity contribution < 1.29 is 4.79 Å². The number of pyridine rings is 1. The average Bonchev–Trinajstić information content (AvgIpc) is 3.18. The highest BCUT2D eigenvalue weighted by molar-refractivity contribution is 6.30. The van der Waals surface area contributed by atoms with Gasteiger partial charge in [-0.2, -0.15) is 0 Å². The van der Waals surface area contributed by atoms with Crippen molar-refractivity contribution >= 4 is 23.3 Å². The van der Waals surface area contributed by atoms with E-state index in [0.717, 1.165) is 13.1 Å². The zero-order valence-corrected chi connectivity index (χ0v) is 14.4. The van der Waals surface area contributed by atoms with Crippen molar-refractivity contribution in [1.82, 2.24) is 29.8 Å². The minimum absolute atomic E-state index is 0.0958. The highest BCUT2D eigenvalue weighted by Gasteiger charge is 2.36. The van der Waals surface area contributed by atoms with E-state index in [1.54, 1.807) is 18.3 Å². The van der Waals surface area contributed by atoms with Crippen LogP contribution in [0.1, 0.15) is 6.04 Å². The second kappa shape index (κ2) is 7.25. The summed E-state index contributed by atoms with van der Waals surface area (Å²) in [5.74, 6) is 0.405. The lowest BCUT2D eigenvalue weighted by atomic mass is 10.1. The van der Waals surface area contributed by atoms with Gasteiger partial charge in [-0.15, -0.1) is 5.10 Å². The third-order valence-corrected chi connectivity index (χ3v) is 4.36. The average molecular weight is 350 g/mol. The van der Waals surface area contributed by atoms with E-state index < -0.39 is 0 Å². The van der Waals surface area contributed by atoms with Crippen molar-refractivity contribution in [3.8, 4) is 0 Å². The number of carbonyl (C=O) groups excluding carboxylic acids is 1. The van der Waals surface area contributed by atoms with E-state index in [9.17, 15) is 4.79 Å². The molecule has 3 rings (SSSR count). The van der Waals surface area contributed by atoms with Crippen LogP contribution >= 0.6 is 11.6 Å². The van der Waals surface area contributed by atoms with Crippen molar-refractivity contribution in [3.05, 3.63) is 35.7 Å². The van der Waals surface area contributed by atoms with Gasteiger partial charge in [-0.25, -0.2) is 9.67 Å². The third-order valence-electron chi connectivity index (χ3n) is 4.14. The smallest absolute Gasteiger partial charge is 0.239 e. The predicted octanol–water partition coefficient (Wildman–Crippen LogP) is 0.752. The largest absolute Gasteiger partial charge is 0.310 e. The van der Waals surface area contributed by atoms with E-state index in [1.807, 2.05) is 25.0 Å². The summed E-state index contributed by atoms with van der Waals surface area (Å²) >= 11 is 5.79. The summed E-state index contributed by atoms with van der Waals surface area (Å²) in [4.78, 5) is 20.6. The van der Waals surface area contributed by atoms with Crippen LogP contribution in [0, 0.1) is 0 Å². The summed E-state index contributed by atoms with van der Waals surface area (Å²) in [5, 5.41) is 11.3. The molecular formula is C15H20ClN7O. The molecule has 0 spiro atoms. The van der Waals surface area contributed by atoms with Gasteiger partial charge in [-0.05, 0) is 26.2 Å². The summed E-state index contributed by atoms with van der Waals surface area (Å²) in [5.41, 5.74) is 0. The van der Waals surface area contributed by atoms with Gasteiger partial charge in [-0.3, -0.25) is 9.69 Å². The fraction of sp³-hybridized carbons (Fsp3) is 0.467. The highest BCUT2D eigenvalue weighted by Crippen LogP contribution is 2.24. The van der Waals surface area contributed by atoms with Gasteiger partial charge in [0.1, 0.15) is 5.82 Å². The first-order chi connectivity index (χ1) is 11.5. The Labute approximate surface area is 145 Å². The lowest BCUT2D eigenvalue weighted by Gasteiger charge is -2.24. The number of amides is 1. The van der Waals surface area contributed by atoms with Crippen LogP contribution in [-0.2, 0) is 4.79 Å². The topological polar surface area (TPSA) is 79.2 Å². The van der Waals surface area contributed by atoms with Crippen LogP contribution in [0.15, 0.2) is 30.7 Å². The Morgan fingerprint density at radius 1 is 1.42 bits per heavy atom. The van der Waals surface area contributed by atoms with Gasteiger partial charge >= 0.3 is 0 Å². The minimum atomic E-state index is -0.0958. The lowest BCUT2D eigenvalue weighted by Crippen LogP contribution is -2.37. The molecule has 9 heteroatoms. The zero-order valence-electron chi connectivity index (χ0n) is 13.6. The molecule has 0 aromatic carbocycles. The monoisotopic (exact) mass is 349 g/mol. The fourth-order valence-corrected chi connectivity index (χ4v) is 3.08. The first-order valence-corrected chi connectivity index (χ1v) is 8.06. The van der Waals surface area contributed by atoms with Gasteiger partial charge in [-0.1, -0.05) is 16.8 Å². The molecule has 0 bridgehead atoms. The molecular weight excluding hydrogens is 330 g/mol. The molecule has 0 unspecified atom stereocenters. The number of hydrogen-bond acceptors (Lipinski definition) is 6. The molecule has 1 aliphatic rings. The molecule has 1 fully saturated rings. The van der Waals surface area contributed by atoms with E-state index in [2.05, 4.69) is 30.4 Å². The van der Waals surface area contributed by atoms with Gasteiger partial charge in [0.25, 0.3) is 0 Å². The highest BCUT2D eigenvalue weighted by atomic mass is 35.5. The molecule has 3 heterocycles. The van der Waals surface area contributed by atoms with Crippen LogP contribution in [0.5, 0.6) is 0 Å². The number of anilines is 1. The maximum atomic E-state index is 12.2. The number of aromatic nitrogens is 4. The van der Waals surface area contributed by atoms with Gasteiger partial charge in [0.2, 0.25) is 5.91 Å². The van der Waals surface area contributed by atoms with E-state index in [0.29, 0.717) is 17.4 Å². The Kier molecular flexibility index (Phi) is 5.08. The number of nitrogens with zero attached hydrogens (tertiary/aromatic N) is 6. The standard InChI is InChI=1S/C15H20ClN7O/c1-21(2)12-8-22(9-13(12)23-6-5-18-20-23)10-15(24)19-14-4-3-11(16)7-17-14/h3-7,12-13H,8-10H2,1-2H3,(H,17,19,24)/t12-,13+/m1/s1. The second-order valence-electron chi connectivity index (χ2n) is 6.09. The van der Waals surface area contributed by atoms with Gasteiger partial charge in [0, 0.05) is 31.5 Å². The van der Waals surface area contributed by atoms with E-state index in [-0.39, 0.29) is 18.0 Å². The van der Waals surface area contributed by atoms with Crippen LogP contribution in [0.25, 0.3) is 0 Å². The lowest BCUT2D eigenvalue weighted by molar-refractivity contribution is -0.117. The normalized spacial score (nSPS) is 21.3. The molecule has 24 heavy (non-hydrogen) atoms. The molecule has 0 saturated carbocycles. The van der Waals surface area contributed by atoms with Crippen molar-refractivity contribution in [1.29, 1.82) is 0 Å². The van der Waals surface area contributed by atoms with E-state index in [1.165, 1.54) is 6.20 Å². The SMILES string of the molecule is CN(C)[C@@H]1CN(CC(=O)Nc2ccc(Cl)cn2)C[C@@H]1n1ccnn1. The maximum Gasteiger partial charge on any atom is 0.239 e. The predicted molar refractivity (Wildman–Crippen MR) is 90.9 cm³/mol. The molecule has 1 amide bonds. The second-order valence-corrected chi connectivity index (χ2v) is 6.52. The van der Waals surface area contributed by atoms with Gasteiger partial charge < -0.3 is 10.2 Å². The molecule has 1 N–H and O–H groups in total. The fourth-order valence-electron chi connectivity index (χ4n) is 2.97. The number of likely N-dealkylation sites (tertiary alicyclic amines) is 1. The molecule has 1 saturated heterocycles. The molecule has 2 aromatic rings. The number of rotatable bonds is 5. The number of nitrogens with one attached hydrogen (secondary N) is 1. The van der Waals surface area contributed by atoms with Crippen molar-refractivity contribution in [2.45, 2.75) is 12.1 Å². The summed E-state index contributed by atoms with van der Waals surface area (Å²) in [6, 6.07) is 3.82. The van der Waals surface area contributed by atoms with E-state index in [4.69, 9.17) is 11.6 Å². The van der Waals surface area contributed by atoms with Crippen molar-refractivity contribution in [3.63, 3.8) is 0 Å². The molecule has 8 nitrogen and oxygen atoms in total. The van der Waals surface area contributed by atoms with E-state index >= 15 is 0 Å². The maximum absolute atomic E-state index is 12.2. The van der Waals surface area contributed by atoms with Crippen molar-refractivity contribution in [2.24, 2.45) is 0 Å². The van der Waals surface area contributed by atoms with Crippen LogP contribution in [0.4, 0.5) is 5.82 Å². The Bertz CT molecular complexity index is 674. The molecule has 2 atom stereocenters. The third kappa shape index (κ3) is 3.89. The summed E-state index contributed by atoms with van der Waals surface area (Å²) in [7, 11) is 4.07. The Hall–Kier alpha value is -2.03. The Balaban J connectivity index is 1.61. The van der Waals surface area contributed by atoms with Gasteiger partial charge in [0.05, 0.1) is 23.8 Å². The minimum Gasteiger partial charge on any atom is -0.310 e. The van der Waals surface area contributed by atoms with Crippen LogP contribution < -0.4 is 5.32 Å². The summed E-state index contributed by atoms with van der Waals surface area (Å²) in [6.07, 6.45) is 5.05. The molecule has 1 aliphatic heterocycles. The molecule has 0 radical (unpaired) electrons. The first kappa shape index (κ1) is 16.8. The van der Waals surface area contributed by atoms with Gasteiger partial charge in [0.15, 0.2) is 0 Å². The quantitative estimate of drug-likeness (QED) is 0.858. The number of likely N-dealkylation sites (N-methyl/N-ethyl adjacent to an activating group) is 1. The number of halogens is 1. The first-order valence-electron chi connectivity index (χ1n) is 7.69. The van der Waals surface area contributed by atoms with Crippen molar-refractivity contribution in [2.75, 3.05) is 39.0 Å². The van der Waals surface area contributed by atoms with Crippen LogP contribution in [0.2, 0.25) is 5.02 Å². The summed E-state index contributed by atoms with van der Waals surface area (Å²) in [6.45, 7) is 1.84. The molecule has 2 aromatic heterocycles. The summed E-state index contributed by atoms with van der Waals surface area (Å²) < 4.78 is 1.86. The number of hydrogen-bond donors (Lipinski definition) is 1. The van der Waals surface area contributed by atoms with Crippen LogP contribution in [-0.4, -0.2) is 75.5 Å². The molecule has 128 valence electrons. The Morgan fingerprint density at radius 3 is 2.88 bits per heavy atom. The molecule has 0 aliphatic carbocycles. The number of carbonyl (C=O) groups is 1. The van der Waals surface area contributed by atoms with Crippen LogP contribution in [0.3, 0.4) is 0 Å².